The number of esters is 1. The number of rotatable bonds is 7. The van der Waals surface area contributed by atoms with Crippen molar-refractivity contribution in [1.29, 1.82) is 0 Å². The minimum Gasteiger partial charge on any atom is -0.469 e. The summed E-state index contributed by atoms with van der Waals surface area (Å²) in [5.41, 5.74) is 6.02. The Morgan fingerprint density at radius 3 is 2.80 bits per heavy atom. The van der Waals surface area contributed by atoms with Gasteiger partial charge in [0.25, 0.3) is 0 Å². The van der Waals surface area contributed by atoms with Crippen LogP contribution in [-0.4, -0.2) is 43.6 Å². The first kappa shape index (κ1) is 16.8. The highest BCUT2D eigenvalue weighted by Gasteiger charge is 2.17. The van der Waals surface area contributed by atoms with E-state index in [9.17, 15) is 4.79 Å². The molecule has 1 aliphatic heterocycles. The number of hydrogen-bond donors (Lipinski definition) is 1. The zero-order valence-corrected chi connectivity index (χ0v) is 12.9. The van der Waals surface area contributed by atoms with Crippen molar-refractivity contribution in [3.05, 3.63) is 0 Å². The average molecular weight is 283 g/mol. The zero-order valence-electron chi connectivity index (χ0n) is 12.9. The maximum absolute atomic E-state index is 10.9. The van der Waals surface area contributed by atoms with E-state index in [1.54, 1.807) is 0 Å². The number of guanidine groups is 1. The molecule has 0 aliphatic carbocycles. The smallest absolute Gasteiger partial charge is 0.305 e. The van der Waals surface area contributed by atoms with Crippen LogP contribution in [0.15, 0.2) is 4.99 Å². The highest BCUT2D eigenvalue weighted by Crippen LogP contribution is 2.14. The summed E-state index contributed by atoms with van der Waals surface area (Å²) in [6.45, 7) is 5.13. The van der Waals surface area contributed by atoms with Gasteiger partial charge >= 0.3 is 5.97 Å². The standard InChI is InChI=1S/C15H29N3O2/c1-13-8-7-11-18(12-13)15(16)17-10-6-4-3-5-9-14(19)20-2/h13H,3-12H2,1-2H3,(H2,16,17). The molecule has 5 nitrogen and oxygen atoms in total. The summed E-state index contributed by atoms with van der Waals surface area (Å²) in [5.74, 6) is 1.30. The van der Waals surface area contributed by atoms with E-state index in [2.05, 4.69) is 21.6 Å². The number of methoxy groups -OCH3 is 1. The van der Waals surface area contributed by atoms with Crippen LogP contribution in [0.3, 0.4) is 0 Å². The van der Waals surface area contributed by atoms with E-state index < -0.39 is 0 Å². The van der Waals surface area contributed by atoms with Crippen LogP contribution in [0.1, 0.15) is 51.9 Å². The van der Waals surface area contributed by atoms with E-state index >= 15 is 0 Å². The molecule has 116 valence electrons. The second-order valence-corrected chi connectivity index (χ2v) is 5.67. The third-order valence-corrected chi connectivity index (χ3v) is 3.77. The highest BCUT2D eigenvalue weighted by atomic mass is 16.5. The van der Waals surface area contributed by atoms with Gasteiger partial charge in [-0.1, -0.05) is 19.8 Å². The van der Waals surface area contributed by atoms with Crippen molar-refractivity contribution in [1.82, 2.24) is 4.90 Å². The van der Waals surface area contributed by atoms with Crippen LogP contribution in [-0.2, 0) is 9.53 Å². The fourth-order valence-electron chi connectivity index (χ4n) is 2.53. The maximum atomic E-state index is 10.9. The monoisotopic (exact) mass is 283 g/mol. The summed E-state index contributed by atoms with van der Waals surface area (Å²) in [5, 5.41) is 0. The molecular formula is C15H29N3O2. The van der Waals surface area contributed by atoms with Gasteiger partial charge < -0.3 is 15.4 Å². The molecule has 1 atom stereocenters. The van der Waals surface area contributed by atoms with Crippen LogP contribution in [0.25, 0.3) is 0 Å². The van der Waals surface area contributed by atoms with Crippen molar-refractivity contribution in [3.8, 4) is 0 Å². The van der Waals surface area contributed by atoms with Crippen molar-refractivity contribution in [2.24, 2.45) is 16.6 Å². The van der Waals surface area contributed by atoms with Crippen molar-refractivity contribution in [2.75, 3.05) is 26.7 Å². The van der Waals surface area contributed by atoms with Gasteiger partial charge in [-0.2, -0.15) is 0 Å². The lowest BCUT2D eigenvalue weighted by atomic mass is 10.0. The largest absolute Gasteiger partial charge is 0.469 e. The lowest BCUT2D eigenvalue weighted by Crippen LogP contribution is -2.43. The zero-order chi connectivity index (χ0) is 14.8. The molecule has 0 aromatic rings. The fraction of sp³-hybridized carbons (Fsp3) is 0.867. The van der Waals surface area contributed by atoms with Gasteiger partial charge in [-0.05, 0) is 31.6 Å². The molecule has 0 bridgehead atoms. The van der Waals surface area contributed by atoms with E-state index in [0.29, 0.717) is 12.4 Å². The molecule has 1 aliphatic rings. The van der Waals surface area contributed by atoms with Gasteiger partial charge in [-0.3, -0.25) is 9.79 Å². The molecule has 20 heavy (non-hydrogen) atoms. The van der Waals surface area contributed by atoms with Crippen molar-refractivity contribution in [3.63, 3.8) is 0 Å². The second-order valence-electron chi connectivity index (χ2n) is 5.67. The molecule has 1 unspecified atom stereocenters. The number of carbonyl (C=O) groups excluding carboxylic acids is 1. The number of unbranched alkanes of at least 4 members (excludes halogenated alkanes) is 3. The third kappa shape index (κ3) is 6.78. The normalized spacial score (nSPS) is 20.0. The third-order valence-electron chi connectivity index (χ3n) is 3.77. The number of nitrogens with zero attached hydrogens (tertiary/aromatic N) is 2. The van der Waals surface area contributed by atoms with Crippen LogP contribution in [0.5, 0.6) is 0 Å². The molecule has 1 heterocycles. The van der Waals surface area contributed by atoms with Gasteiger partial charge in [-0.15, -0.1) is 0 Å². The number of nitrogens with two attached hydrogens (primary N) is 1. The van der Waals surface area contributed by atoms with Crippen molar-refractivity contribution >= 4 is 11.9 Å². The SMILES string of the molecule is COC(=O)CCCCCCN=C(N)N1CCCC(C)C1. The Morgan fingerprint density at radius 1 is 1.35 bits per heavy atom. The molecule has 0 radical (unpaired) electrons. The van der Waals surface area contributed by atoms with Gasteiger partial charge in [-0.25, -0.2) is 0 Å². The molecule has 1 saturated heterocycles. The first-order valence-electron chi connectivity index (χ1n) is 7.75. The van der Waals surface area contributed by atoms with E-state index in [0.717, 1.165) is 51.2 Å². The Hall–Kier alpha value is -1.26. The lowest BCUT2D eigenvalue weighted by Gasteiger charge is -2.31. The lowest BCUT2D eigenvalue weighted by molar-refractivity contribution is -0.140. The van der Waals surface area contributed by atoms with Gasteiger partial charge in [0.2, 0.25) is 0 Å². The predicted molar refractivity (Wildman–Crippen MR) is 81.6 cm³/mol. The van der Waals surface area contributed by atoms with Crippen LogP contribution < -0.4 is 5.73 Å². The topological polar surface area (TPSA) is 67.9 Å². The Balaban J connectivity index is 2.07. The summed E-state index contributed by atoms with van der Waals surface area (Å²) in [6.07, 6.45) is 7.10. The summed E-state index contributed by atoms with van der Waals surface area (Å²) in [4.78, 5) is 17.6. The average Bonchev–Trinajstić information content (AvgIpc) is 2.45. The van der Waals surface area contributed by atoms with Gasteiger partial charge in [0.05, 0.1) is 7.11 Å². The molecule has 0 aromatic carbocycles. The first-order valence-corrected chi connectivity index (χ1v) is 7.75. The Bertz CT molecular complexity index is 318. The molecule has 0 aromatic heterocycles. The summed E-state index contributed by atoms with van der Waals surface area (Å²) in [7, 11) is 1.43. The van der Waals surface area contributed by atoms with Gasteiger partial charge in [0, 0.05) is 26.1 Å². The number of carbonyl (C=O) groups is 1. The van der Waals surface area contributed by atoms with Crippen molar-refractivity contribution in [2.45, 2.75) is 51.9 Å². The minimum absolute atomic E-state index is 0.119. The molecule has 0 amide bonds. The first-order chi connectivity index (χ1) is 9.63. The Kier molecular flexibility index (Phi) is 8.07. The molecule has 1 rings (SSSR count). The number of hydrogen-bond acceptors (Lipinski definition) is 3. The van der Waals surface area contributed by atoms with Crippen LogP contribution in [0, 0.1) is 5.92 Å². The highest BCUT2D eigenvalue weighted by molar-refractivity contribution is 5.78. The maximum Gasteiger partial charge on any atom is 0.305 e. The summed E-state index contributed by atoms with van der Waals surface area (Å²) in [6, 6.07) is 0. The van der Waals surface area contributed by atoms with E-state index in [-0.39, 0.29) is 5.97 Å². The second kappa shape index (κ2) is 9.61. The number of likely N-dealkylation sites (tertiary alicyclic amines) is 1. The Morgan fingerprint density at radius 2 is 2.10 bits per heavy atom. The quantitative estimate of drug-likeness (QED) is 0.336. The van der Waals surface area contributed by atoms with Gasteiger partial charge in [0.15, 0.2) is 5.96 Å². The number of ether oxygens (including phenoxy) is 1. The van der Waals surface area contributed by atoms with Crippen LogP contribution >= 0.6 is 0 Å². The van der Waals surface area contributed by atoms with Crippen LogP contribution in [0.2, 0.25) is 0 Å². The number of piperidine rings is 1. The Labute approximate surface area is 122 Å². The summed E-state index contributed by atoms with van der Waals surface area (Å²) >= 11 is 0. The summed E-state index contributed by atoms with van der Waals surface area (Å²) < 4.78 is 4.60. The molecule has 2 N–H and O–H groups in total. The molecule has 1 fully saturated rings. The molecule has 0 saturated carbocycles. The predicted octanol–water partition coefficient (Wildman–Crippen LogP) is 2.16. The van der Waals surface area contributed by atoms with E-state index in [1.807, 2.05) is 0 Å². The molecule has 5 heteroatoms. The molecular weight excluding hydrogens is 254 g/mol. The van der Waals surface area contributed by atoms with Crippen molar-refractivity contribution < 1.29 is 9.53 Å². The fourth-order valence-corrected chi connectivity index (χ4v) is 2.53. The number of aliphatic imine (C=N–C) groups is 1. The van der Waals surface area contributed by atoms with E-state index in [1.165, 1.54) is 20.0 Å². The van der Waals surface area contributed by atoms with E-state index in [4.69, 9.17) is 5.73 Å². The minimum atomic E-state index is -0.119. The van der Waals surface area contributed by atoms with Gasteiger partial charge in [0.1, 0.15) is 0 Å². The molecule has 0 spiro atoms. The van der Waals surface area contributed by atoms with Crippen LogP contribution in [0.4, 0.5) is 0 Å².